The number of hydrogen-bond donors (Lipinski definition) is 2. The molecular weight excluding hydrogens is 366 g/mol. The summed E-state index contributed by atoms with van der Waals surface area (Å²) in [5, 5.41) is 2.95. The average molecular weight is 397 g/mol. The van der Waals surface area contributed by atoms with Gasteiger partial charge in [0.15, 0.2) is 6.61 Å². The number of hydrogen-bond acceptors (Lipinski definition) is 4. The van der Waals surface area contributed by atoms with Gasteiger partial charge >= 0.3 is 5.97 Å². The van der Waals surface area contributed by atoms with Crippen LogP contribution in [-0.4, -0.2) is 45.7 Å². The molecule has 29 heavy (non-hydrogen) atoms. The fourth-order valence-corrected chi connectivity index (χ4v) is 3.84. The molecule has 2 aromatic rings. The van der Waals surface area contributed by atoms with Gasteiger partial charge in [-0.15, -0.1) is 0 Å². The fraction of sp³-hybridized carbons (Fsp3) is 0.391. The zero-order valence-corrected chi connectivity index (χ0v) is 17.4. The number of fused-ring (bicyclic) bond motifs is 1. The molecule has 2 N–H and O–H groups in total. The number of amides is 1. The highest BCUT2D eigenvalue weighted by Crippen LogP contribution is 2.18. The topological polar surface area (TPSA) is 63.1 Å². The number of nitrogens with one attached hydrogen (secondary N) is 2. The molecule has 0 spiro atoms. The van der Waals surface area contributed by atoms with Crippen molar-refractivity contribution in [1.82, 2.24) is 5.32 Å². The fourth-order valence-electron chi connectivity index (χ4n) is 3.84. The summed E-state index contributed by atoms with van der Waals surface area (Å²) in [6, 6.07) is 17.2. The van der Waals surface area contributed by atoms with Gasteiger partial charge in [0.2, 0.25) is 0 Å². The maximum atomic E-state index is 12.1. The van der Waals surface area contributed by atoms with E-state index in [4.69, 9.17) is 4.74 Å². The smallest absolute Gasteiger partial charge is 0.303 e. The van der Waals surface area contributed by atoms with Crippen LogP contribution in [0, 0.1) is 0 Å². The summed E-state index contributed by atoms with van der Waals surface area (Å²) in [7, 11) is 4.04. The third-order valence-electron chi connectivity index (χ3n) is 5.47. The van der Waals surface area contributed by atoms with E-state index in [9.17, 15) is 9.59 Å². The Labute approximate surface area is 172 Å². The normalized spacial score (nSPS) is 16.4. The lowest BCUT2D eigenvalue weighted by molar-refractivity contribution is -0.945. The Balaban J connectivity index is 1.76. The lowest BCUT2D eigenvalue weighted by Gasteiger charge is -2.33. The van der Waals surface area contributed by atoms with Crippen LogP contribution >= 0.6 is 0 Å². The van der Waals surface area contributed by atoms with E-state index < -0.39 is 5.97 Å². The number of carbonyl (C=O) groups excluding carboxylic acids is 2. The van der Waals surface area contributed by atoms with Crippen molar-refractivity contribution in [1.29, 1.82) is 0 Å². The van der Waals surface area contributed by atoms with Crippen molar-refractivity contribution >= 4 is 17.6 Å². The van der Waals surface area contributed by atoms with Crippen molar-refractivity contribution in [3.05, 3.63) is 65.2 Å². The van der Waals surface area contributed by atoms with Gasteiger partial charge < -0.3 is 19.9 Å². The van der Waals surface area contributed by atoms with E-state index in [0.29, 0.717) is 6.54 Å². The molecule has 1 aliphatic heterocycles. The van der Waals surface area contributed by atoms with Crippen LogP contribution < -0.4 is 15.1 Å². The molecule has 1 heterocycles. The van der Waals surface area contributed by atoms with Crippen LogP contribution in [0.2, 0.25) is 0 Å². The number of benzene rings is 2. The molecule has 6 nitrogen and oxygen atoms in total. The minimum absolute atomic E-state index is 0.126. The summed E-state index contributed by atoms with van der Waals surface area (Å²) in [6.07, 6.45) is 1.03. The molecule has 3 rings (SSSR count). The minimum Gasteiger partial charge on any atom is -0.456 e. The van der Waals surface area contributed by atoms with Gasteiger partial charge in [0.05, 0.1) is 13.1 Å². The molecule has 0 fully saturated rings. The number of anilines is 1. The lowest BCUT2D eigenvalue weighted by atomic mass is 9.96. The first-order chi connectivity index (χ1) is 13.9. The van der Waals surface area contributed by atoms with Crippen molar-refractivity contribution in [3.8, 4) is 0 Å². The summed E-state index contributed by atoms with van der Waals surface area (Å²) < 4.78 is 4.81. The average Bonchev–Trinajstić information content (AvgIpc) is 2.72. The Morgan fingerprint density at radius 1 is 1.10 bits per heavy atom. The van der Waals surface area contributed by atoms with Crippen LogP contribution in [0.15, 0.2) is 48.5 Å². The molecule has 0 radical (unpaired) electrons. The van der Waals surface area contributed by atoms with E-state index in [1.807, 2.05) is 14.1 Å². The van der Waals surface area contributed by atoms with Crippen molar-refractivity contribution in [2.45, 2.75) is 25.9 Å². The first-order valence-electron chi connectivity index (χ1n) is 10.0. The molecule has 154 valence electrons. The number of esters is 1. The van der Waals surface area contributed by atoms with Gasteiger partial charge in [-0.2, -0.15) is 0 Å². The zero-order valence-electron chi connectivity index (χ0n) is 17.4. The van der Waals surface area contributed by atoms with Gasteiger partial charge in [0.1, 0.15) is 12.6 Å². The van der Waals surface area contributed by atoms with Crippen molar-refractivity contribution in [2.75, 3.05) is 38.7 Å². The number of nitrogens with zero attached hydrogens (tertiary/aromatic N) is 1. The highest BCUT2D eigenvalue weighted by Gasteiger charge is 2.29. The van der Waals surface area contributed by atoms with Crippen molar-refractivity contribution in [3.63, 3.8) is 0 Å². The molecule has 1 unspecified atom stereocenters. The number of rotatable bonds is 7. The van der Waals surface area contributed by atoms with Crippen LogP contribution in [0.4, 0.5) is 5.69 Å². The van der Waals surface area contributed by atoms with Crippen molar-refractivity contribution in [2.24, 2.45) is 0 Å². The molecular formula is C23H30N3O3+. The van der Waals surface area contributed by atoms with E-state index >= 15 is 0 Å². The largest absolute Gasteiger partial charge is 0.456 e. The SMILES string of the molecule is CC(=O)OCC(=O)NC[C@H](c1ccc(N(C)C)cc1)[NH+]1CCc2ccccc2C1. The van der Waals surface area contributed by atoms with Gasteiger partial charge in [-0.1, -0.05) is 36.4 Å². The second kappa shape index (κ2) is 9.56. The maximum Gasteiger partial charge on any atom is 0.303 e. The Kier molecular flexibility index (Phi) is 6.88. The van der Waals surface area contributed by atoms with E-state index in [1.165, 1.54) is 28.5 Å². The molecule has 0 aromatic heterocycles. The zero-order chi connectivity index (χ0) is 20.8. The predicted octanol–water partition coefficient (Wildman–Crippen LogP) is 1.11. The first-order valence-corrected chi connectivity index (χ1v) is 10.0. The summed E-state index contributed by atoms with van der Waals surface area (Å²) in [5.74, 6) is -0.721. The second-order valence-electron chi connectivity index (χ2n) is 7.73. The lowest BCUT2D eigenvalue weighted by Crippen LogP contribution is -3.12. The highest BCUT2D eigenvalue weighted by molar-refractivity contribution is 5.79. The van der Waals surface area contributed by atoms with E-state index in [1.54, 1.807) is 0 Å². The summed E-state index contributed by atoms with van der Waals surface area (Å²) >= 11 is 0. The van der Waals surface area contributed by atoms with Crippen LogP contribution in [0.1, 0.15) is 29.7 Å². The van der Waals surface area contributed by atoms with Gasteiger partial charge in [-0.3, -0.25) is 9.59 Å². The number of carbonyl (C=O) groups is 2. The highest BCUT2D eigenvalue weighted by atomic mass is 16.5. The molecule has 1 amide bonds. The number of ether oxygens (including phenoxy) is 1. The molecule has 2 atom stereocenters. The Morgan fingerprint density at radius 3 is 2.45 bits per heavy atom. The Hall–Kier alpha value is -2.86. The van der Waals surface area contributed by atoms with Gasteiger partial charge in [0, 0.05) is 44.3 Å². The molecule has 1 aliphatic rings. The molecule has 0 saturated carbocycles. The minimum atomic E-state index is -0.450. The third-order valence-corrected chi connectivity index (χ3v) is 5.47. The molecule has 0 aliphatic carbocycles. The van der Waals surface area contributed by atoms with E-state index in [0.717, 1.165) is 25.2 Å². The van der Waals surface area contributed by atoms with Crippen LogP contribution in [0.25, 0.3) is 0 Å². The molecule has 6 heteroatoms. The molecule has 0 bridgehead atoms. The second-order valence-corrected chi connectivity index (χ2v) is 7.73. The third kappa shape index (κ3) is 5.57. The van der Waals surface area contributed by atoms with E-state index in [2.05, 4.69) is 58.7 Å². The number of quaternary nitrogens is 1. The Morgan fingerprint density at radius 2 is 1.79 bits per heavy atom. The standard InChI is InChI=1S/C23H29N3O3/c1-17(27)29-16-23(28)24-14-22(19-8-10-21(11-9-19)25(2)3)26-13-12-18-6-4-5-7-20(18)15-26/h4-11,22H,12-16H2,1-3H3,(H,24,28)/p+1/t22-/m1/s1. The Bertz CT molecular complexity index is 849. The van der Waals surface area contributed by atoms with Crippen LogP contribution in [0.5, 0.6) is 0 Å². The van der Waals surface area contributed by atoms with Gasteiger partial charge in [0.25, 0.3) is 5.91 Å². The summed E-state index contributed by atoms with van der Waals surface area (Å²) in [6.45, 7) is 3.50. The van der Waals surface area contributed by atoms with Crippen molar-refractivity contribution < 1.29 is 19.2 Å². The summed E-state index contributed by atoms with van der Waals surface area (Å²) in [4.78, 5) is 26.6. The summed E-state index contributed by atoms with van der Waals surface area (Å²) in [5.41, 5.74) is 5.12. The van der Waals surface area contributed by atoms with Gasteiger partial charge in [-0.25, -0.2) is 0 Å². The molecule has 2 aromatic carbocycles. The van der Waals surface area contributed by atoms with E-state index in [-0.39, 0.29) is 18.6 Å². The quantitative estimate of drug-likeness (QED) is 0.689. The first kappa shape index (κ1) is 20.9. The van der Waals surface area contributed by atoms with Crippen LogP contribution in [-0.2, 0) is 27.3 Å². The van der Waals surface area contributed by atoms with Gasteiger partial charge in [-0.05, 0) is 17.7 Å². The monoisotopic (exact) mass is 396 g/mol. The molecule has 0 saturated heterocycles. The maximum absolute atomic E-state index is 12.1. The predicted molar refractivity (Wildman–Crippen MR) is 113 cm³/mol. The van der Waals surface area contributed by atoms with Crippen LogP contribution in [0.3, 0.4) is 0 Å².